The average molecular weight is 450 g/mol. The number of nitro groups is 1. The Morgan fingerprint density at radius 3 is 2.47 bits per heavy atom. The Morgan fingerprint density at radius 1 is 1.19 bits per heavy atom. The van der Waals surface area contributed by atoms with Gasteiger partial charge in [-0.15, -0.1) is 11.3 Å². The smallest absolute Gasteiger partial charge is 0.338 e. The number of thiophene rings is 1. The molecule has 8 nitrogen and oxygen atoms in total. The topological polar surface area (TPSA) is 119 Å². The highest BCUT2D eigenvalue weighted by Gasteiger charge is 2.24. The van der Waals surface area contributed by atoms with Gasteiger partial charge in [0.2, 0.25) is 0 Å². The number of hydrogen-bond acceptors (Lipinski definition) is 7. The maximum atomic E-state index is 13.0. The fraction of sp³-hybridized carbons (Fsp3) is 0.174. The second kappa shape index (κ2) is 8.01. The van der Waals surface area contributed by atoms with Gasteiger partial charge in [0.05, 0.1) is 32.9 Å². The van der Waals surface area contributed by atoms with E-state index < -0.39 is 22.2 Å². The van der Waals surface area contributed by atoms with E-state index in [4.69, 9.17) is 4.74 Å². The summed E-state index contributed by atoms with van der Waals surface area (Å²) in [6.45, 7) is 5.07. The third kappa shape index (κ3) is 3.46. The standard InChI is InChI=1S/C23H18N2O6S/c1-4-31-23(28)15-9-11(2)10-16-19(15)20-21(32-16)18(17(12(3)26)22(27)24-20)13-5-7-14(8-6-13)25(29)30/h5-10H,4H2,1-3H3,(H,24,27). The normalized spacial score (nSPS) is 11.1. The number of rotatable bonds is 5. The number of pyridine rings is 1. The van der Waals surface area contributed by atoms with Crippen molar-refractivity contribution >= 4 is 49.1 Å². The van der Waals surface area contributed by atoms with E-state index in [0.717, 1.165) is 10.3 Å². The number of aryl methyl sites for hydroxylation is 1. The van der Waals surface area contributed by atoms with E-state index in [1.54, 1.807) is 13.0 Å². The minimum absolute atomic E-state index is 0.0349. The number of nitro benzene ring substituents is 1. The largest absolute Gasteiger partial charge is 0.462 e. The number of H-pyrrole nitrogens is 1. The van der Waals surface area contributed by atoms with Crippen LogP contribution in [0.15, 0.2) is 41.2 Å². The number of nitrogens with one attached hydrogen (secondary N) is 1. The van der Waals surface area contributed by atoms with Crippen LogP contribution >= 0.6 is 11.3 Å². The fourth-order valence-corrected chi connectivity index (χ4v) is 5.15. The molecule has 2 aromatic heterocycles. The molecule has 0 saturated heterocycles. The molecular weight excluding hydrogens is 432 g/mol. The molecule has 4 aromatic rings. The molecule has 0 aliphatic rings. The van der Waals surface area contributed by atoms with Crippen molar-refractivity contribution in [2.24, 2.45) is 0 Å². The number of non-ortho nitro benzene ring substituents is 1. The maximum Gasteiger partial charge on any atom is 0.338 e. The van der Waals surface area contributed by atoms with Crippen molar-refractivity contribution in [1.82, 2.24) is 4.98 Å². The second-order valence-corrected chi connectivity index (χ2v) is 8.33. The van der Waals surface area contributed by atoms with E-state index in [2.05, 4.69) is 4.98 Å². The van der Waals surface area contributed by atoms with Crippen LogP contribution in [0.4, 0.5) is 5.69 Å². The van der Waals surface area contributed by atoms with Crippen LogP contribution in [0.2, 0.25) is 0 Å². The first-order chi connectivity index (χ1) is 15.2. The third-order valence-corrected chi connectivity index (χ3v) is 6.25. The minimum Gasteiger partial charge on any atom is -0.462 e. The number of ether oxygens (including phenoxy) is 1. The Labute approximate surface area is 185 Å². The molecule has 4 rings (SSSR count). The molecule has 2 aromatic carbocycles. The monoisotopic (exact) mass is 450 g/mol. The van der Waals surface area contributed by atoms with Crippen molar-refractivity contribution in [2.75, 3.05) is 6.61 Å². The van der Waals surface area contributed by atoms with Gasteiger partial charge in [-0.3, -0.25) is 19.7 Å². The molecule has 32 heavy (non-hydrogen) atoms. The average Bonchev–Trinajstić information content (AvgIpc) is 3.09. The molecular formula is C23H18N2O6S. The number of hydrogen-bond donors (Lipinski definition) is 1. The summed E-state index contributed by atoms with van der Waals surface area (Å²) in [5.41, 5.74) is 1.76. The van der Waals surface area contributed by atoms with Crippen LogP contribution in [-0.2, 0) is 4.74 Å². The zero-order valence-electron chi connectivity index (χ0n) is 17.5. The zero-order valence-corrected chi connectivity index (χ0v) is 18.3. The molecule has 0 fully saturated rings. The predicted octanol–water partition coefficient (Wildman–Crippen LogP) is 5.01. The van der Waals surface area contributed by atoms with Gasteiger partial charge in [0.1, 0.15) is 0 Å². The van der Waals surface area contributed by atoms with Crippen LogP contribution in [0, 0.1) is 17.0 Å². The first-order valence-electron chi connectivity index (χ1n) is 9.79. The van der Waals surface area contributed by atoms with Gasteiger partial charge in [0, 0.05) is 27.8 Å². The number of benzene rings is 2. The number of fused-ring (bicyclic) bond motifs is 3. The van der Waals surface area contributed by atoms with Crippen LogP contribution in [0.3, 0.4) is 0 Å². The lowest BCUT2D eigenvalue weighted by molar-refractivity contribution is -0.384. The van der Waals surface area contributed by atoms with Gasteiger partial charge < -0.3 is 9.72 Å². The fourth-order valence-electron chi connectivity index (χ4n) is 3.80. The molecule has 0 unspecified atom stereocenters. The van der Waals surface area contributed by atoms with Gasteiger partial charge in [-0.2, -0.15) is 0 Å². The van der Waals surface area contributed by atoms with E-state index >= 15 is 0 Å². The molecule has 0 atom stereocenters. The van der Waals surface area contributed by atoms with Crippen molar-refractivity contribution in [1.29, 1.82) is 0 Å². The van der Waals surface area contributed by atoms with E-state index in [-0.39, 0.29) is 17.9 Å². The van der Waals surface area contributed by atoms with Crippen molar-refractivity contribution in [3.63, 3.8) is 0 Å². The van der Waals surface area contributed by atoms with Crippen LogP contribution < -0.4 is 5.56 Å². The number of esters is 1. The predicted molar refractivity (Wildman–Crippen MR) is 123 cm³/mol. The van der Waals surface area contributed by atoms with Crippen LogP contribution in [0.25, 0.3) is 31.4 Å². The molecule has 0 aliphatic carbocycles. The van der Waals surface area contributed by atoms with Crippen LogP contribution in [-0.4, -0.2) is 28.3 Å². The Balaban J connectivity index is 2.15. The van der Waals surface area contributed by atoms with E-state index in [0.29, 0.717) is 32.3 Å². The molecule has 0 spiro atoms. The zero-order chi connectivity index (χ0) is 23.2. The quantitative estimate of drug-likeness (QED) is 0.198. The maximum absolute atomic E-state index is 13.0. The number of ketones is 1. The molecule has 2 heterocycles. The lowest BCUT2D eigenvalue weighted by atomic mass is 9.97. The third-order valence-electron chi connectivity index (χ3n) is 5.09. The Kier molecular flexibility index (Phi) is 5.35. The number of nitrogens with zero attached hydrogens (tertiary/aromatic N) is 1. The van der Waals surface area contributed by atoms with Gasteiger partial charge in [-0.1, -0.05) is 0 Å². The molecule has 0 bridgehead atoms. The highest BCUT2D eigenvalue weighted by molar-refractivity contribution is 7.26. The lowest BCUT2D eigenvalue weighted by Crippen LogP contribution is -2.17. The second-order valence-electron chi connectivity index (χ2n) is 7.28. The summed E-state index contributed by atoms with van der Waals surface area (Å²) in [5, 5.41) is 11.6. The summed E-state index contributed by atoms with van der Waals surface area (Å²) < 4.78 is 6.57. The summed E-state index contributed by atoms with van der Waals surface area (Å²) in [6.07, 6.45) is 0. The number of aromatic amines is 1. The molecule has 0 amide bonds. The minimum atomic E-state index is -0.589. The van der Waals surface area contributed by atoms with E-state index in [9.17, 15) is 24.5 Å². The highest BCUT2D eigenvalue weighted by Crippen LogP contribution is 2.41. The summed E-state index contributed by atoms with van der Waals surface area (Å²) in [4.78, 5) is 51.3. The summed E-state index contributed by atoms with van der Waals surface area (Å²) in [7, 11) is 0. The van der Waals surface area contributed by atoms with Crippen molar-refractivity contribution in [3.8, 4) is 11.1 Å². The highest BCUT2D eigenvalue weighted by atomic mass is 32.1. The summed E-state index contributed by atoms with van der Waals surface area (Å²) in [5.74, 6) is -0.935. The number of Topliss-reactive ketones (excluding diaryl/α,β-unsaturated/α-hetero) is 1. The molecule has 0 radical (unpaired) electrons. The first kappa shape index (κ1) is 21.4. The Hall–Kier alpha value is -3.85. The molecule has 1 N–H and O–H groups in total. The molecule has 9 heteroatoms. The van der Waals surface area contributed by atoms with E-state index in [1.807, 2.05) is 13.0 Å². The van der Waals surface area contributed by atoms with Gasteiger partial charge in [-0.05, 0) is 56.2 Å². The number of carbonyl (C=O) groups is 2. The lowest BCUT2D eigenvalue weighted by Gasteiger charge is -2.09. The van der Waals surface area contributed by atoms with E-state index in [1.165, 1.54) is 42.5 Å². The SMILES string of the molecule is CCOC(=O)c1cc(C)cc2sc3c(-c4ccc([N+](=O)[O-])cc4)c(C(C)=O)c(=O)[nH]c3c12. The molecule has 0 saturated carbocycles. The van der Waals surface area contributed by atoms with Crippen LogP contribution in [0.1, 0.15) is 40.1 Å². The van der Waals surface area contributed by atoms with Gasteiger partial charge in [0.15, 0.2) is 5.78 Å². The number of carbonyl (C=O) groups excluding carboxylic acids is 2. The Bertz CT molecular complexity index is 1480. The summed E-state index contributed by atoms with van der Waals surface area (Å²) >= 11 is 1.33. The van der Waals surface area contributed by atoms with Crippen molar-refractivity contribution in [2.45, 2.75) is 20.8 Å². The molecule has 0 aliphatic heterocycles. The van der Waals surface area contributed by atoms with Gasteiger partial charge in [-0.25, -0.2) is 4.79 Å². The Morgan fingerprint density at radius 2 is 1.88 bits per heavy atom. The molecule has 162 valence electrons. The van der Waals surface area contributed by atoms with Crippen LogP contribution in [0.5, 0.6) is 0 Å². The van der Waals surface area contributed by atoms with Gasteiger partial charge >= 0.3 is 5.97 Å². The number of aromatic nitrogens is 1. The van der Waals surface area contributed by atoms with Crippen molar-refractivity contribution in [3.05, 3.63) is 73.6 Å². The van der Waals surface area contributed by atoms with Crippen molar-refractivity contribution < 1.29 is 19.2 Å². The summed E-state index contributed by atoms with van der Waals surface area (Å²) in [6, 6.07) is 9.28. The first-order valence-corrected chi connectivity index (χ1v) is 10.6. The van der Waals surface area contributed by atoms with Gasteiger partial charge in [0.25, 0.3) is 11.2 Å².